The molecule has 2 saturated heterocycles. The molecule has 0 radical (unpaired) electrons. The third-order valence-electron chi connectivity index (χ3n) is 5.67. The zero-order valence-electron chi connectivity index (χ0n) is 15.7. The Balaban J connectivity index is 1.55. The van der Waals surface area contributed by atoms with Gasteiger partial charge in [0.15, 0.2) is 0 Å². The molecule has 2 fully saturated rings. The van der Waals surface area contributed by atoms with Crippen LogP contribution in [-0.2, 0) is 16.1 Å². The number of anilines is 1. The molecule has 0 aromatic heterocycles. The van der Waals surface area contributed by atoms with E-state index in [0.717, 1.165) is 51.1 Å². The molecular weight excluding hydrogens is 330 g/mol. The third kappa shape index (κ3) is 4.62. The van der Waals surface area contributed by atoms with Gasteiger partial charge in [-0.25, -0.2) is 0 Å². The van der Waals surface area contributed by atoms with Crippen LogP contribution in [0.3, 0.4) is 0 Å². The number of carbonyl (C=O) groups excluding carboxylic acids is 2. The number of amides is 2. The predicted octanol–water partition coefficient (Wildman–Crippen LogP) is 1.84. The number of benzene rings is 1. The SMILES string of the molecule is CC(=O)Nc1ccc(CN2CCC3(CC2)CC(O)CN(C(C)=O)C3)cc1. The van der Waals surface area contributed by atoms with Crippen molar-refractivity contribution in [2.24, 2.45) is 5.41 Å². The standard InChI is InChI=1S/C20H29N3O3/c1-15(24)21-18-5-3-17(4-6-18)12-22-9-7-20(8-10-22)11-19(26)13-23(14-20)16(2)25/h3-6,19,26H,7-14H2,1-2H3,(H,21,24). The predicted molar refractivity (Wildman–Crippen MR) is 101 cm³/mol. The van der Waals surface area contributed by atoms with Crippen molar-refractivity contribution in [1.29, 1.82) is 0 Å². The van der Waals surface area contributed by atoms with Gasteiger partial charge < -0.3 is 15.3 Å². The molecule has 2 amide bonds. The molecule has 2 heterocycles. The zero-order chi connectivity index (χ0) is 18.7. The summed E-state index contributed by atoms with van der Waals surface area (Å²) in [5, 5.41) is 13.0. The number of aliphatic hydroxyl groups excluding tert-OH is 1. The Bertz CT molecular complexity index is 651. The van der Waals surface area contributed by atoms with Crippen molar-refractivity contribution < 1.29 is 14.7 Å². The lowest BCUT2D eigenvalue weighted by Crippen LogP contribution is -2.54. The topological polar surface area (TPSA) is 72.9 Å². The molecule has 142 valence electrons. The molecule has 0 bridgehead atoms. The average Bonchev–Trinajstić information content (AvgIpc) is 2.58. The minimum absolute atomic E-state index is 0.0600. The molecule has 2 aliphatic heterocycles. The molecule has 0 saturated carbocycles. The molecule has 6 heteroatoms. The number of likely N-dealkylation sites (tertiary alicyclic amines) is 2. The number of β-amino-alcohol motifs (C(OH)–C–C–N with tert-alkyl or cyclic N) is 1. The van der Waals surface area contributed by atoms with Crippen LogP contribution in [0.4, 0.5) is 5.69 Å². The van der Waals surface area contributed by atoms with Crippen LogP contribution >= 0.6 is 0 Å². The van der Waals surface area contributed by atoms with Crippen molar-refractivity contribution in [3.63, 3.8) is 0 Å². The van der Waals surface area contributed by atoms with Gasteiger partial charge in [0.2, 0.25) is 11.8 Å². The second-order valence-electron chi connectivity index (χ2n) is 7.91. The highest BCUT2D eigenvalue weighted by molar-refractivity contribution is 5.88. The highest BCUT2D eigenvalue weighted by atomic mass is 16.3. The van der Waals surface area contributed by atoms with Crippen molar-refractivity contribution >= 4 is 17.5 Å². The summed E-state index contributed by atoms with van der Waals surface area (Å²) in [6.07, 6.45) is 2.42. The summed E-state index contributed by atoms with van der Waals surface area (Å²) in [6, 6.07) is 7.98. The van der Waals surface area contributed by atoms with Crippen molar-refractivity contribution in [2.45, 2.75) is 45.8 Å². The van der Waals surface area contributed by atoms with Gasteiger partial charge in [0.05, 0.1) is 6.10 Å². The summed E-state index contributed by atoms with van der Waals surface area (Å²) in [7, 11) is 0. The molecular formula is C20H29N3O3. The summed E-state index contributed by atoms with van der Waals surface area (Å²) < 4.78 is 0. The van der Waals surface area contributed by atoms with Crippen molar-refractivity contribution in [2.75, 3.05) is 31.5 Å². The van der Waals surface area contributed by atoms with E-state index >= 15 is 0 Å². The molecule has 0 aliphatic carbocycles. The summed E-state index contributed by atoms with van der Waals surface area (Å²) in [4.78, 5) is 27.1. The smallest absolute Gasteiger partial charge is 0.221 e. The Hall–Kier alpha value is -1.92. The second-order valence-corrected chi connectivity index (χ2v) is 7.91. The van der Waals surface area contributed by atoms with Crippen LogP contribution in [0.25, 0.3) is 0 Å². The number of nitrogens with zero attached hydrogens (tertiary/aromatic N) is 2. The number of piperidine rings is 2. The van der Waals surface area contributed by atoms with Crippen molar-refractivity contribution in [3.05, 3.63) is 29.8 Å². The summed E-state index contributed by atoms with van der Waals surface area (Å²) in [5.41, 5.74) is 2.11. The fraction of sp³-hybridized carbons (Fsp3) is 0.600. The van der Waals surface area contributed by atoms with E-state index in [1.54, 1.807) is 6.92 Å². The molecule has 1 spiro atoms. The lowest BCUT2D eigenvalue weighted by molar-refractivity contribution is -0.138. The number of rotatable bonds is 3. The van der Waals surface area contributed by atoms with E-state index in [4.69, 9.17) is 0 Å². The van der Waals surface area contributed by atoms with Gasteiger partial charge in [-0.2, -0.15) is 0 Å². The van der Waals surface area contributed by atoms with Crippen LogP contribution in [-0.4, -0.2) is 59.0 Å². The van der Waals surface area contributed by atoms with E-state index in [9.17, 15) is 14.7 Å². The Morgan fingerprint density at radius 3 is 2.42 bits per heavy atom. The number of hydrogen-bond acceptors (Lipinski definition) is 4. The fourth-order valence-electron chi connectivity index (χ4n) is 4.30. The zero-order valence-corrected chi connectivity index (χ0v) is 15.7. The first-order valence-electron chi connectivity index (χ1n) is 9.38. The van der Waals surface area contributed by atoms with Crippen molar-refractivity contribution in [1.82, 2.24) is 9.80 Å². The lowest BCUT2D eigenvalue weighted by atomic mass is 9.71. The molecule has 1 aromatic rings. The van der Waals surface area contributed by atoms with Gasteiger partial charge in [0, 0.05) is 39.2 Å². The summed E-state index contributed by atoms with van der Waals surface area (Å²) >= 11 is 0. The number of hydrogen-bond donors (Lipinski definition) is 2. The van der Waals surface area contributed by atoms with Crippen molar-refractivity contribution in [3.8, 4) is 0 Å². The van der Waals surface area contributed by atoms with E-state index < -0.39 is 6.10 Å². The molecule has 1 unspecified atom stereocenters. The molecule has 1 atom stereocenters. The quantitative estimate of drug-likeness (QED) is 0.864. The van der Waals surface area contributed by atoms with Crippen LogP contribution in [0.5, 0.6) is 0 Å². The fourth-order valence-corrected chi connectivity index (χ4v) is 4.30. The Labute approximate surface area is 155 Å². The van der Waals surface area contributed by atoms with E-state index in [0.29, 0.717) is 6.54 Å². The minimum Gasteiger partial charge on any atom is -0.391 e. The van der Waals surface area contributed by atoms with Crippen LogP contribution < -0.4 is 5.32 Å². The molecule has 2 N–H and O–H groups in total. The average molecular weight is 359 g/mol. The molecule has 26 heavy (non-hydrogen) atoms. The molecule has 3 rings (SSSR count). The molecule has 1 aromatic carbocycles. The maximum absolute atomic E-state index is 11.7. The van der Waals surface area contributed by atoms with Crippen LogP contribution in [0.15, 0.2) is 24.3 Å². The summed E-state index contributed by atoms with van der Waals surface area (Å²) in [5.74, 6) is -0.00170. The first-order chi connectivity index (χ1) is 12.3. The van der Waals surface area contributed by atoms with Crippen LogP contribution in [0.1, 0.15) is 38.7 Å². The van der Waals surface area contributed by atoms with Gasteiger partial charge in [-0.15, -0.1) is 0 Å². The Morgan fingerprint density at radius 2 is 1.85 bits per heavy atom. The van der Waals surface area contributed by atoms with Gasteiger partial charge in [-0.3, -0.25) is 14.5 Å². The van der Waals surface area contributed by atoms with E-state index in [2.05, 4.69) is 22.3 Å². The maximum atomic E-state index is 11.7. The van der Waals surface area contributed by atoms with Crippen LogP contribution in [0, 0.1) is 5.41 Å². The van der Waals surface area contributed by atoms with E-state index in [1.165, 1.54) is 12.5 Å². The molecule has 6 nitrogen and oxygen atoms in total. The maximum Gasteiger partial charge on any atom is 0.221 e. The van der Waals surface area contributed by atoms with Gasteiger partial charge >= 0.3 is 0 Å². The first kappa shape index (κ1) is 18.9. The minimum atomic E-state index is -0.402. The number of aliphatic hydroxyl groups is 1. The van der Waals surface area contributed by atoms with Crippen LogP contribution in [0.2, 0.25) is 0 Å². The highest BCUT2D eigenvalue weighted by Gasteiger charge is 2.42. The largest absolute Gasteiger partial charge is 0.391 e. The first-order valence-corrected chi connectivity index (χ1v) is 9.38. The third-order valence-corrected chi connectivity index (χ3v) is 5.67. The number of carbonyl (C=O) groups is 2. The summed E-state index contributed by atoms with van der Waals surface area (Å²) in [6.45, 7) is 7.19. The monoisotopic (exact) mass is 359 g/mol. The lowest BCUT2D eigenvalue weighted by Gasteiger charge is -2.49. The van der Waals surface area contributed by atoms with E-state index in [-0.39, 0.29) is 17.2 Å². The van der Waals surface area contributed by atoms with Gasteiger partial charge in [-0.1, -0.05) is 12.1 Å². The van der Waals surface area contributed by atoms with Gasteiger partial charge in [0.1, 0.15) is 0 Å². The van der Waals surface area contributed by atoms with E-state index in [1.807, 2.05) is 17.0 Å². The van der Waals surface area contributed by atoms with Gasteiger partial charge in [-0.05, 0) is 55.5 Å². The van der Waals surface area contributed by atoms with Gasteiger partial charge in [0.25, 0.3) is 0 Å². The Kier molecular flexibility index (Phi) is 5.63. The number of nitrogens with one attached hydrogen (secondary N) is 1. The highest BCUT2D eigenvalue weighted by Crippen LogP contribution is 2.40. The second kappa shape index (κ2) is 7.76. The Morgan fingerprint density at radius 1 is 1.19 bits per heavy atom. The molecule has 2 aliphatic rings. The normalized spacial score (nSPS) is 23.0.